The second-order valence-electron chi connectivity index (χ2n) is 3.95. The molecular weight excluding hydrogens is 213 g/mol. The fraction of sp³-hybridized carbons (Fsp3) is 0.200. The van der Waals surface area contributed by atoms with Gasteiger partial charge in [-0.05, 0) is 23.7 Å². The van der Waals surface area contributed by atoms with Gasteiger partial charge in [0, 0.05) is 12.1 Å². The van der Waals surface area contributed by atoms with Gasteiger partial charge in [-0.15, -0.1) is 0 Å². The molecule has 0 spiro atoms. The van der Waals surface area contributed by atoms with Gasteiger partial charge in [0.15, 0.2) is 0 Å². The largest absolute Gasteiger partial charge is 0.313 e. The van der Waals surface area contributed by atoms with Crippen molar-refractivity contribution >= 4 is 0 Å². The van der Waals surface area contributed by atoms with Crippen LogP contribution >= 0.6 is 0 Å². The van der Waals surface area contributed by atoms with Crippen molar-refractivity contribution in [1.29, 1.82) is 0 Å². The zero-order valence-electron chi connectivity index (χ0n) is 9.91. The molecule has 0 saturated carbocycles. The van der Waals surface area contributed by atoms with Crippen molar-refractivity contribution in [3.63, 3.8) is 0 Å². The van der Waals surface area contributed by atoms with E-state index >= 15 is 0 Å². The van der Waals surface area contributed by atoms with Gasteiger partial charge in [0.1, 0.15) is 5.82 Å². The highest BCUT2D eigenvalue weighted by molar-refractivity contribution is 5.63. The van der Waals surface area contributed by atoms with E-state index in [0.29, 0.717) is 12.1 Å². The molecular formula is C15H16FN. The molecule has 0 heterocycles. The van der Waals surface area contributed by atoms with Gasteiger partial charge in [0.25, 0.3) is 0 Å². The maximum Gasteiger partial charge on any atom is 0.128 e. The van der Waals surface area contributed by atoms with Gasteiger partial charge in [-0.25, -0.2) is 4.39 Å². The highest BCUT2D eigenvalue weighted by Gasteiger charge is 2.04. The molecule has 0 aliphatic rings. The van der Waals surface area contributed by atoms with E-state index in [1.54, 1.807) is 6.07 Å². The topological polar surface area (TPSA) is 12.0 Å². The lowest BCUT2D eigenvalue weighted by molar-refractivity contribution is 0.594. The molecule has 0 fully saturated rings. The number of benzene rings is 2. The van der Waals surface area contributed by atoms with Crippen LogP contribution in [0.1, 0.15) is 12.5 Å². The van der Waals surface area contributed by atoms with E-state index in [-0.39, 0.29) is 5.82 Å². The molecule has 1 N–H and O–H groups in total. The third-order valence-corrected chi connectivity index (χ3v) is 2.73. The zero-order valence-corrected chi connectivity index (χ0v) is 9.91. The average molecular weight is 229 g/mol. The van der Waals surface area contributed by atoms with Crippen LogP contribution in [0.25, 0.3) is 11.1 Å². The van der Waals surface area contributed by atoms with Crippen LogP contribution < -0.4 is 5.32 Å². The quantitative estimate of drug-likeness (QED) is 0.844. The number of hydrogen-bond donors (Lipinski definition) is 1. The molecule has 0 aliphatic carbocycles. The maximum atomic E-state index is 13.8. The van der Waals surface area contributed by atoms with E-state index in [9.17, 15) is 4.39 Å². The Morgan fingerprint density at radius 2 is 1.76 bits per heavy atom. The van der Waals surface area contributed by atoms with Crippen molar-refractivity contribution in [2.24, 2.45) is 0 Å². The number of hydrogen-bond acceptors (Lipinski definition) is 1. The third-order valence-electron chi connectivity index (χ3n) is 2.73. The minimum Gasteiger partial charge on any atom is -0.313 e. The van der Waals surface area contributed by atoms with Crippen molar-refractivity contribution < 1.29 is 4.39 Å². The lowest BCUT2D eigenvalue weighted by Crippen LogP contribution is -2.12. The van der Waals surface area contributed by atoms with Crippen molar-refractivity contribution in [3.8, 4) is 11.1 Å². The van der Waals surface area contributed by atoms with Gasteiger partial charge >= 0.3 is 0 Å². The molecule has 0 atom stereocenters. The smallest absolute Gasteiger partial charge is 0.128 e. The molecule has 0 saturated heterocycles. The molecule has 88 valence electrons. The van der Waals surface area contributed by atoms with Crippen LogP contribution in [-0.4, -0.2) is 6.54 Å². The van der Waals surface area contributed by atoms with Gasteiger partial charge < -0.3 is 5.32 Å². The Bertz CT molecular complexity index is 480. The van der Waals surface area contributed by atoms with Crippen LogP contribution in [0, 0.1) is 5.82 Å². The van der Waals surface area contributed by atoms with E-state index in [1.807, 2.05) is 49.4 Å². The Balaban J connectivity index is 2.25. The van der Waals surface area contributed by atoms with Crippen molar-refractivity contribution in [2.75, 3.05) is 6.54 Å². The maximum absolute atomic E-state index is 13.8. The Labute approximate surface area is 101 Å². The van der Waals surface area contributed by atoms with Crippen LogP contribution in [0.5, 0.6) is 0 Å². The first-order valence-corrected chi connectivity index (χ1v) is 5.86. The Morgan fingerprint density at radius 1 is 1.00 bits per heavy atom. The molecule has 2 rings (SSSR count). The first-order chi connectivity index (χ1) is 8.31. The highest BCUT2D eigenvalue weighted by atomic mass is 19.1. The fourth-order valence-corrected chi connectivity index (χ4v) is 1.76. The summed E-state index contributed by atoms with van der Waals surface area (Å²) >= 11 is 0. The number of halogens is 1. The Morgan fingerprint density at radius 3 is 2.41 bits per heavy atom. The zero-order chi connectivity index (χ0) is 12.1. The van der Waals surface area contributed by atoms with E-state index in [1.165, 1.54) is 0 Å². The third kappa shape index (κ3) is 2.92. The van der Waals surface area contributed by atoms with Crippen LogP contribution in [-0.2, 0) is 6.54 Å². The van der Waals surface area contributed by atoms with Gasteiger partial charge in [-0.1, -0.05) is 49.4 Å². The standard InChI is InChI=1S/C15H16FN/c1-2-17-11-14-9-8-13(10-15(14)16)12-6-4-3-5-7-12/h3-10,17H,2,11H2,1H3. The highest BCUT2D eigenvalue weighted by Crippen LogP contribution is 2.21. The van der Waals surface area contributed by atoms with Gasteiger partial charge in [0.05, 0.1) is 0 Å². The van der Waals surface area contributed by atoms with Crippen LogP contribution in [0.3, 0.4) is 0 Å². The van der Waals surface area contributed by atoms with Crippen molar-refractivity contribution in [2.45, 2.75) is 13.5 Å². The average Bonchev–Trinajstić information content (AvgIpc) is 2.38. The summed E-state index contributed by atoms with van der Waals surface area (Å²) in [5, 5.41) is 3.12. The summed E-state index contributed by atoms with van der Waals surface area (Å²) in [6.07, 6.45) is 0. The molecule has 0 amide bonds. The molecule has 0 bridgehead atoms. The number of rotatable bonds is 4. The normalized spacial score (nSPS) is 10.5. The molecule has 0 radical (unpaired) electrons. The predicted molar refractivity (Wildman–Crippen MR) is 69.2 cm³/mol. The van der Waals surface area contributed by atoms with Crippen molar-refractivity contribution in [1.82, 2.24) is 5.32 Å². The second-order valence-corrected chi connectivity index (χ2v) is 3.95. The minimum atomic E-state index is -0.146. The summed E-state index contributed by atoms with van der Waals surface area (Å²) in [5.74, 6) is -0.146. The minimum absolute atomic E-state index is 0.146. The molecule has 17 heavy (non-hydrogen) atoms. The van der Waals surface area contributed by atoms with E-state index in [0.717, 1.165) is 17.7 Å². The van der Waals surface area contributed by atoms with E-state index in [4.69, 9.17) is 0 Å². The van der Waals surface area contributed by atoms with Gasteiger partial charge in [-0.3, -0.25) is 0 Å². The van der Waals surface area contributed by atoms with Crippen LogP contribution in [0.4, 0.5) is 4.39 Å². The van der Waals surface area contributed by atoms with Gasteiger partial charge in [0.2, 0.25) is 0 Å². The summed E-state index contributed by atoms with van der Waals surface area (Å²) < 4.78 is 13.8. The first kappa shape index (κ1) is 11.8. The van der Waals surface area contributed by atoms with E-state index in [2.05, 4.69) is 5.32 Å². The summed E-state index contributed by atoms with van der Waals surface area (Å²) in [6.45, 7) is 3.44. The van der Waals surface area contributed by atoms with Crippen molar-refractivity contribution in [3.05, 3.63) is 59.9 Å². The first-order valence-electron chi connectivity index (χ1n) is 5.86. The lowest BCUT2D eigenvalue weighted by atomic mass is 10.0. The summed E-state index contributed by atoms with van der Waals surface area (Å²) in [6, 6.07) is 15.3. The van der Waals surface area contributed by atoms with Gasteiger partial charge in [-0.2, -0.15) is 0 Å². The van der Waals surface area contributed by atoms with Crippen LogP contribution in [0.2, 0.25) is 0 Å². The molecule has 2 aromatic rings. The predicted octanol–water partition coefficient (Wildman–Crippen LogP) is 3.60. The fourth-order valence-electron chi connectivity index (χ4n) is 1.76. The summed E-state index contributed by atoms with van der Waals surface area (Å²) in [4.78, 5) is 0. The van der Waals surface area contributed by atoms with E-state index < -0.39 is 0 Å². The molecule has 1 nitrogen and oxygen atoms in total. The molecule has 2 heteroatoms. The van der Waals surface area contributed by atoms with Crippen LogP contribution in [0.15, 0.2) is 48.5 Å². The Hall–Kier alpha value is -1.67. The monoisotopic (exact) mass is 229 g/mol. The molecule has 0 unspecified atom stereocenters. The molecule has 2 aromatic carbocycles. The Kier molecular flexibility index (Phi) is 3.89. The molecule has 0 aliphatic heterocycles. The second kappa shape index (κ2) is 5.60. The SMILES string of the molecule is CCNCc1ccc(-c2ccccc2)cc1F. The lowest BCUT2D eigenvalue weighted by Gasteiger charge is -2.07. The number of nitrogens with one attached hydrogen (secondary N) is 1. The summed E-state index contributed by atoms with van der Waals surface area (Å²) in [5.41, 5.74) is 2.68. The summed E-state index contributed by atoms with van der Waals surface area (Å²) in [7, 11) is 0. The molecule has 0 aromatic heterocycles.